The van der Waals surface area contributed by atoms with E-state index >= 15 is 0 Å². The average Bonchev–Trinajstić information content (AvgIpc) is 2.64. The van der Waals surface area contributed by atoms with Gasteiger partial charge in [0.2, 0.25) is 11.8 Å². The van der Waals surface area contributed by atoms with Crippen LogP contribution in [0.25, 0.3) is 0 Å². The van der Waals surface area contributed by atoms with Crippen molar-refractivity contribution in [3.8, 4) is 0 Å². The molecule has 1 aliphatic rings. The highest BCUT2D eigenvalue weighted by atomic mass is 16.2. The number of carbonyl (C=O) groups excluding carboxylic acids is 2. The van der Waals surface area contributed by atoms with Gasteiger partial charge in [-0.25, -0.2) is 0 Å². The minimum absolute atomic E-state index is 0.0653. The van der Waals surface area contributed by atoms with Crippen molar-refractivity contribution in [2.75, 3.05) is 7.05 Å². The van der Waals surface area contributed by atoms with Gasteiger partial charge in [-0.1, -0.05) is 63.4 Å². The van der Waals surface area contributed by atoms with Gasteiger partial charge in [0.15, 0.2) is 0 Å². The molecular formula is C21H30N2O2. The molecule has 136 valence electrons. The van der Waals surface area contributed by atoms with Crippen LogP contribution in [0.5, 0.6) is 0 Å². The standard InChI is InChI=1S/C21H30N2O2/c1-16(2)21(17-10-6-4-7-11-17)22-19(24)14-15-20(25)23(3)18-12-8-5-9-13-18/h4,6-7,10-11,14-16,18,21H,5,8-9,12-13H2,1-3H3,(H,22,24)/b15-14+. The SMILES string of the molecule is CC(C)C(NC(=O)/C=C/C(=O)N(C)C1CCCCC1)c1ccccc1. The number of rotatable bonds is 6. The van der Waals surface area contributed by atoms with Crippen LogP contribution in [0.4, 0.5) is 0 Å². The maximum absolute atomic E-state index is 12.3. The van der Waals surface area contributed by atoms with Gasteiger partial charge in [0.1, 0.15) is 0 Å². The van der Waals surface area contributed by atoms with Gasteiger partial charge in [-0.15, -0.1) is 0 Å². The zero-order valence-corrected chi connectivity index (χ0v) is 15.6. The van der Waals surface area contributed by atoms with E-state index in [0.29, 0.717) is 6.04 Å². The van der Waals surface area contributed by atoms with Gasteiger partial charge >= 0.3 is 0 Å². The molecule has 0 spiro atoms. The van der Waals surface area contributed by atoms with Crippen LogP contribution in [0.2, 0.25) is 0 Å². The van der Waals surface area contributed by atoms with E-state index in [4.69, 9.17) is 0 Å². The molecule has 0 radical (unpaired) electrons. The van der Waals surface area contributed by atoms with Gasteiger partial charge in [-0.3, -0.25) is 9.59 Å². The molecule has 1 fully saturated rings. The van der Waals surface area contributed by atoms with Crippen molar-refractivity contribution in [1.29, 1.82) is 0 Å². The van der Waals surface area contributed by atoms with E-state index in [0.717, 1.165) is 18.4 Å². The molecule has 4 nitrogen and oxygen atoms in total. The fraction of sp³-hybridized carbons (Fsp3) is 0.524. The van der Waals surface area contributed by atoms with E-state index in [1.807, 2.05) is 37.4 Å². The first-order chi connectivity index (χ1) is 12.0. The van der Waals surface area contributed by atoms with Crippen LogP contribution < -0.4 is 5.32 Å². The molecule has 1 N–H and O–H groups in total. The van der Waals surface area contributed by atoms with Crippen molar-refractivity contribution < 1.29 is 9.59 Å². The van der Waals surface area contributed by atoms with Gasteiger partial charge in [-0.2, -0.15) is 0 Å². The summed E-state index contributed by atoms with van der Waals surface area (Å²) in [6.07, 6.45) is 8.50. The van der Waals surface area contributed by atoms with E-state index < -0.39 is 0 Å². The Kier molecular flexibility index (Phi) is 7.23. The van der Waals surface area contributed by atoms with Gasteiger partial charge in [-0.05, 0) is 24.3 Å². The Morgan fingerprint density at radius 2 is 1.72 bits per heavy atom. The number of amides is 2. The van der Waals surface area contributed by atoms with E-state index in [-0.39, 0.29) is 23.8 Å². The molecule has 0 aromatic heterocycles. The van der Waals surface area contributed by atoms with E-state index in [1.165, 1.54) is 31.4 Å². The lowest BCUT2D eigenvalue weighted by Crippen LogP contribution is -2.37. The summed E-state index contributed by atoms with van der Waals surface area (Å²) in [7, 11) is 1.83. The molecule has 2 rings (SSSR count). The van der Waals surface area contributed by atoms with Gasteiger partial charge < -0.3 is 10.2 Å². The van der Waals surface area contributed by atoms with Crippen LogP contribution in [-0.2, 0) is 9.59 Å². The Hall–Kier alpha value is -2.10. The van der Waals surface area contributed by atoms with E-state index in [2.05, 4.69) is 19.2 Å². The summed E-state index contributed by atoms with van der Waals surface area (Å²) in [5, 5.41) is 3.01. The molecule has 4 heteroatoms. The molecule has 1 aromatic rings. The van der Waals surface area contributed by atoms with Gasteiger partial charge in [0.25, 0.3) is 0 Å². The first kappa shape index (κ1) is 19.2. The lowest BCUT2D eigenvalue weighted by molar-refractivity contribution is -0.127. The predicted octanol–water partition coefficient (Wildman–Crippen LogP) is 3.85. The number of hydrogen-bond donors (Lipinski definition) is 1. The molecule has 2 amide bonds. The second kappa shape index (κ2) is 9.40. The van der Waals surface area contributed by atoms with E-state index in [9.17, 15) is 9.59 Å². The molecule has 0 saturated heterocycles. The third kappa shape index (κ3) is 5.73. The maximum atomic E-state index is 12.3. The number of likely N-dealkylation sites (N-methyl/N-ethyl adjacent to an activating group) is 1. The summed E-state index contributed by atoms with van der Waals surface area (Å²) in [5.74, 6) is -0.0591. The molecule has 0 aliphatic heterocycles. The second-order valence-electron chi connectivity index (χ2n) is 7.22. The predicted molar refractivity (Wildman–Crippen MR) is 101 cm³/mol. The molecule has 1 aromatic carbocycles. The number of nitrogens with one attached hydrogen (secondary N) is 1. The van der Waals surface area contributed by atoms with Gasteiger partial charge in [0.05, 0.1) is 6.04 Å². The maximum Gasteiger partial charge on any atom is 0.246 e. The molecule has 1 unspecified atom stereocenters. The summed E-state index contributed by atoms with van der Waals surface area (Å²) < 4.78 is 0. The summed E-state index contributed by atoms with van der Waals surface area (Å²) in [6.45, 7) is 4.15. The number of nitrogens with zero attached hydrogens (tertiary/aromatic N) is 1. The highest BCUT2D eigenvalue weighted by Gasteiger charge is 2.21. The first-order valence-electron chi connectivity index (χ1n) is 9.29. The molecule has 1 atom stereocenters. The Balaban J connectivity index is 1.93. The van der Waals surface area contributed by atoms with Gasteiger partial charge in [0, 0.05) is 25.2 Å². The third-order valence-corrected chi connectivity index (χ3v) is 4.97. The first-order valence-corrected chi connectivity index (χ1v) is 9.29. The zero-order valence-electron chi connectivity index (χ0n) is 15.6. The molecule has 0 heterocycles. The number of hydrogen-bond acceptors (Lipinski definition) is 2. The molecular weight excluding hydrogens is 312 g/mol. The lowest BCUT2D eigenvalue weighted by atomic mass is 9.94. The summed E-state index contributed by atoms with van der Waals surface area (Å²) in [4.78, 5) is 26.3. The smallest absolute Gasteiger partial charge is 0.246 e. The summed E-state index contributed by atoms with van der Waals surface area (Å²) in [6, 6.07) is 10.2. The third-order valence-electron chi connectivity index (χ3n) is 4.97. The Labute approximate surface area is 151 Å². The van der Waals surface area contributed by atoms with Crippen molar-refractivity contribution in [3.05, 3.63) is 48.0 Å². The Morgan fingerprint density at radius 1 is 1.08 bits per heavy atom. The van der Waals surface area contributed by atoms with Crippen molar-refractivity contribution in [1.82, 2.24) is 10.2 Å². The van der Waals surface area contributed by atoms with Crippen LogP contribution >= 0.6 is 0 Å². The van der Waals surface area contributed by atoms with Crippen molar-refractivity contribution in [2.45, 2.75) is 58.0 Å². The van der Waals surface area contributed by atoms with Crippen LogP contribution in [0, 0.1) is 5.92 Å². The fourth-order valence-corrected chi connectivity index (χ4v) is 3.41. The second-order valence-corrected chi connectivity index (χ2v) is 7.22. The van der Waals surface area contributed by atoms with Crippen LogP contribution in [0.15, 0.2) is 42.5 Å². The quantitative estimate of drug-likeness (QED) is 0.798. The largest absolute Gasteiger partial charge is 0.345 e. The highest BCUT2D eigenvalue weighted by molar-refractivity contribution is 5.96. The number of benzene rings is 1. The lowest BCUT2D eigenvalue weighted by Gasteiger charge is -2.30. The minimum atomic E-state index is -0.229. The molecule has 25 heavy (non-hydrogen) atoms. The Morgan fingerprint density at radius 3 is 2.32 bits per heavy atom. The monoisotopic (exact) mass is 342 g/mol. The molecule has 1 aliphatic carbocycles. The minimum Gasteiger partial charge on any atom is -0.345 e. The Bertz CT molecular complexity index is 589. The molecule has 1 saturated carbocycles. The van der Waals surface area contributed by atoms with Crippen molar-refractivity contribution in [3.63, 3.8) is 0 Å². The zero-order chi connectivity index (χ0) is 18.2. The summed E-state index contributed by atoms with van der Waals surface area (Å²) >= 11 is 0. The molecule has 0 bridgehead atoms. The summed E-state index contributed by atoms with van der Waals surface area (Å²) in [5.41, 5.74) is 1.07. The number of carbonyl (C=O) groups is 2. The highest BCUT2D eigenvalue weighted by Crippen LogP contribution is 2.22. The van der Waals surface area contributed by atoms with E-state index in [1.54, 1.807) is 4.90 Å². The van der Waals surface area contributed by atoms with Crippen LogP contribution in [0.3, 0.4) is 0 Å². The van der Waals surface area contributed by atoms with Crippen LogP contribution in [0.1, 0.15) is 57.6 Å². The topological polar surface area (TPSA) is 49.4 Å². The normalized spacial score (nSPS) is 16.8. The van der Waals surface area contributed by atoms with Crippen molar-refractivity contribution >= 4 is 11.8 Å². The van der Waals surface area contributed by atoms with Crippen molar-refractivity contribution in [2.24, 2.45) is 5.92 Å². The average molecular weight is 342 g/mol. The fourth-order valence-electron chi connectivity index (χ4n) is 3.41. The van der Waals surface area contributed by atoms with Crippen LogP contribution in [-0.4, -0.2) is 29.8 Å².